The minimum atomic E-state index is -0.802. The van der Waals surface area contributed by atoms with E-state index in [1.54, 1.807) is 0 Å². The van der Waals surface area contributed by atoms with Crippen molar-refractivity contribution in [3.8, 4) is 0 Å². The Morgan fingerprint density at radius 3 is 0.792 bits per heavy atom. The molecule has 0 aromatic heterocycles. The molecule has 0 aliphatic heterocycles. The van der Waals surface area contributed by atoms with Crippen LogP contribution in [0, 0.1) is 0 Å². The Hall–Kier alpha value is -4.71. The van der Waals surface area contributed by atoms with E-state index < -0.39 is 6.10 Å². The Morgan fingerprint density at radius 1 is 0.273 bits per heavy atom. The van der Waals surface area contributed by atoms with Gasteiger partial charge in [0.15, 0.2) is 6.10 Å². The van der Waals surface area contributed by atoms with Crippen molar-refractivity contribution in [2.45, 2.75) is 271 Å². The van der Waals surface area contributed by atoms with Crippen LogP contribution in [0.25, 0.3) is 0 Å². The van der Waals surface area contributed by atoms with Gasteiger partial charge in [0.1, 0.15) is 13.2 Å². The molecule has 0 bridgehead atoms. The van der Waals surface area contributed by atoms with Crippen LogP contribution in [0.3, 0.4) is 0 Å². The first-order valence-electron chi connectivity index (χ1n) is 31.3. The van der Waals surface area contributed by atoms with Gasteiger partial charge in [0.25, 0.3) is 0 Å². The molecule has 434 valence electrons. The molecule has 6 nitrogen and oxygen atoms in total. The molecule has 0 spiro atoms. The Kier molecular flexibility index (Phi) is 59.9. The van der Waals surface area contributed by atoms with E-state index in [0.717, 1.165) is 173 Å². The molecule has 0 aromatic carbocycles. The summed E-state index contributed by atoms with van der Waals surface area (Å²) in [5.74, 6) is -0.936. The third-order valence-corrected chi connectivity index (χ3v) is 12.8. The van der Waals surface area contributed by atoms with Crippen molar-refractivity contribution in [2.24, 2.45) is 0 Å². The summed E-state index contributed by atoms with van der Waals surface area (Å²) in [4.78, 5) is 38.3. The quantitative estimate of drug-likeness (QED) is 0.0261. The third-order valence-electron chi connectivity index (χ3n) is 12.8. The highest BCUT2D eigenvalue weighted by molar-refractivity contribution is 5.71. The zero-order valence-electron chi connectivity index (χ0n) is 49.7. The summed E-state index contributed by atoms with van der Waals surface area (Å²) in [5, 5.41) is 0. The van der Waals surface area contributed by atoms with Crippen molar-refractivity contribution >= 4 is 17.9 Å². The van der Waals surface area contributed by atoms with Crippen LogP contribution in [0.4, 0.5) is 0 Å². The number of ether oxygens (including phenoxy) is 3. The highest BCUT2D eigenvalue weighted by Crippen LogP contribution is 2.14. The van der Waals surface area contributed by atoms with E-state index in [1.807, 2.05) is 0 Å². The maximum atomic E-state index is 12.9. The molecular weight excluding hydrogens is 949 g/mol. The fraction of sp³-hybridized carbons (Fsp3) is 0.620. The number of hydrogen-bond acceptors (Lipinski definition) is 6. The second kappa shape index (κ2) is 63.8. The van der Waals surface area contributed by atoms with Crippen molar-refractivity contribution in [3.05, 3.63) is 146 Å². The fourth-order valence-electron chi connectivity index (χ4n) is 8.18. The van der Waals surface area contributed by atoms with E-state index in [9.17, 15) is 14.4 Å². The highest BCUT2D eigenvalue weighted by Gasteiger charge is 2.19. The molecule has 1 atom stereocenters. The summed E-state index contributed by atoms with van der Waals surface area (Å²) in [6.45, 7) is 6.32. The van der Waals surface area contributed by atoms with Crippen LogP contribution >= 0.6 is 0 Å². The summed E-state index contributed by atoms with van der Waals surface area (Å²) in [6.07, 6.45) is 91.3. The van der Waals surface area contributed by atoms with E-state index in [-0.39, 0.29) is 31.1 Å². The predicted octanol–water partition coefficient (Wildman–Crippen LogP) is 21.5. The van der Waals surface area contributed by atoms with Gasteiger partial charge >= 0.3 is 17.9 Å². The number of carbonyl (C=O) groups excluding carboxylic acids is 3. The molecule has 0 aliphatic carbocycles. The Balaban J connectivity index is 4.42. The molecule has 0 aliphatic rings. The Labute approximate surface area is 474 Å². The molecule has 1 unspecified atom stereocenters. The number of hydrogen-bond donors (Lipinski definition) is 0. The molecule has 0 amide bonds. The molecule has 0 aromatic rings. The molecule has 0 N–H and O–H groups in total. The lowest BCUT2D eigenvalue weighted by Gasteiger charge is -2.18. The first-order chi connectivity index (χ1) is 38.0. The summed E-state index contributed by atoms with van der Waals surface area (Å²) < 4.78 is 16.9. The van der Waals surface area contributed by atoms with Gasteiger partial charge in [0, 0.05) is 19.3 Å². The second-order valence-electron chi connectivity index (χ2n) is 20.2. The topological polar surface area (TPSA) is 78.9 Å². The molecule has 0 rings (SSSR count). The van der Waals surface area contributed by atoms with E-state index in [0.29, 0.717) is 19.3 Å². The lowest BCUT2D eigenvalue weighted by molar-refractivity contribution is -0.167. The monoisotopic (exact) mass is 1060 g/mol. The standard InChI is InChI=1S/C71H114O6/c1-4-7-10-13-16-19-22-25-27-29-31-33-34-35-36-38-39-41-43-46-49-52-55-58-61-64-70(73)76-67-68(66-75-69(72)63-60-57-54-51-48-45-24-21-18-15-12-9-6-3)77-71(74)65-62-59-56-53-50-47-44-42-40-37-32-30-28-26-23-20-17-14-11-8-5-2/h7-8,10-12,15-17,19-21,24-28,31-33,35-37,39,41,68H,4-6,9,13-14,18,22-23,29-30,34,38,40,42-67H2,1-3H3/b10-7-,11-8-,15-12-,19-16-,20-17-,24-21-,27-25-,28-26-,33-31-,36-35-,37-32-,41-39-. The molecule has 0 radical (unpaired) electrons. The van der Waals surface area contributed by atoms with Crippen molar-refractivity contribution in [3.63, 3.8) is 0 Å². The van der Waals surface area contributed by atoms with Crippen molar-refractivity contribution in [1.29, 1.82) is 0 Å². The number of unbranched alkanes of at least 4 members (excludes halogenated alkanes) is 20. The van der Waals surface area contributed by atoms with Gasteiger partial charge < -0.3 is 14.2 Å². The molecule has 77 heavy (non-hydrogen) atoms. The van der Waals surface area contributed by atoms with Crippen molar-refractivity contribution < 1.29 is 28.6 Å². The van der Waals surface area contributed by atoms with Crippen LogP contribution in [0.2, 0.25) is 0 Å². The van der Waals surface area contributed by atoms with Crippen LogP contribution in [-0.2, 0) is 28.6 Å². The molecule has 0 saturated heterocycles. The van der Waals surface area contributed by atoms with E-state index >= 15 is 0 Å². The van der Waals surface area contributed by atoms with Gasteiger partial charge in [0.05, 0.1) is 0 Å². The minimum Gasteiger partial charge on any atom is -0.462 e. The first kappa shape index (κ1) is 72.3. The zero-order valence-corrected chi connectivity index (χ0v) is 49.7. The van der Waals surface area contributed by atoms with Crippen LogP contribution in [-0.4, -0.2) is 37.2 Å². The Morgan fingerprint density at radius 2 is 0.506 bits per heavy atom. The summed E-state index contributed by atoms with van der Waals surface area (Å²) in [6, 6.07) is 0. The molecule has 0 heterocycles. The predicted molar refractivity (Wildman–Crippen MR) is 334 cm³/mol. The highest BCUT2D eigenvalue weighted by atomic mass is 16.6. The molecular formula is C71H114O6. The van der Waals surface area contributed by atoms with Crippen LogP contribution < -0.4 is 0 Å². The van der Waals surface area contributed by atoms with Gasteiger partial charge in [-0.1, -0.05) is 256 Å². The lowest BCUT2D eigenvalue weighted by atomic mass is 10.1. The van der Waals surface area contributed by atoms with Crippen molar-refractivity contribution in [2.75, 3.05) is 13.2 Å². The van der Waals surface area contributed by atoms with Gasteiger partial charge in [-0.05, 0) is 135 Å². The third kappa shape index (κ3) is 62.0. The van der Waals surface area contributed by atoms with E-state index in [2.05, 4.69) is 167 Å². The maximum absolute atomic E-state index is 12.9. The van der Waals surface area contributed by atoms with Crippen LogP contribution in [0.15, 0.2) is 146 Å². The lowest BCUT2D eigenvalue weighted by Crippen LogP contribution is -2.30. The number of rotatable bonds is 55. The largest absolute Gasteiger partial charge is 0.462 e. The normalized spacial score (nSPS) is 13.1. The van der Waals surface area contributed by atoms with Gasteiger partial charge in [-0.3, -0.25) is 14.4 Å². The summed E-state index contributed by atoms with van der Waals surface area (Å²) in [7, 11) is 0. The van der Waals surface area contributed by atoms with Gasteiger partial charge in [-0.15, -0.1) is 0 Å². The number of esters is 3. The van der Waals surface area contributed by atoms with Crippen molar-refractivity contribution in [1.82, 2.24) is 0 Å². The van der Waals surface area contributed by atoms with Gasteiger partial charge in [-0.2, -0.15) is 0 Å². The number of allylic oxidation sites excluding steroid dienone is 24. The summed E-state index contributed by atoms with van der Waals surface area (Å²) in [5.41, 5.74) is 0. The minimum absolute atomic E-state index is 0.0985. The van der Waals surface area contributed by atoms with Gasteiger partial charge in [-0.25, -0.2) is 0 Å². The smallest absolute Gasteiger partial charge is 0.306 e. The average Bonchev–Trinajstić information content (AvgIpc) is 3.43. The maximum Gasteiger partial charge on any atom is 0.306 e. The van der Waals surface area contributed by atoms with Gasteiger partial charge in [0.2, 0.25) is 0 Å². The van der Waals surface area contributed by atoms with E-state index in [4.69, 9.17) is 14.2 Å². The number of carbonyl (C=O) groups is 3. The fourth-order valence-corrected chi connectivity index (χ4v) is 8.18. The average molecular weight is 1060 g/mol. The molecule has 0 saturated carbocycles. The van der Waals surface area contributed by atoms with Crippen LogP contribution in [0.1, 0.15) is 265 Å². The molecule has 0 fully saturated rings. The molecule has 6 heteroatoms. The summed E-state index contributed by atoms with van der Waals surface area (Å²) >= 11 is 0. The van der Waals surface area contributed by atoms with Crippen LogP contribution in [0.5, 0.6) is 0 Å². The van der Waals surface area contributed by atoms with E-state index in [1.165, 1.54) is 51.4 Å². The zero-order chi connectivity index (χ0) is 55.7. The SMILES string of the molecule is CC/C=C\C/C=C\C/C=C\C/C=C\C/C=C\C/C=C\CCCCCCCCC(=O)OCC(COC(=O)CCCCCCC/C=C\C/C=C\CCC)OC(=O)CCCCCCCCCC/C=C\C/C=C\C/C=C\C/C=C\CC. The first-order valence-corrected chi connectivity index (χ1v) is 31.3. The second-order valence-corrected chi connectivity index (χ2v) is 20.2. The Bertz CT molecular complexity index is 1700.